The molecule has 0 saturated heterocycles. The third-order valence-corrected chi connectivity index (χ3v) is 3.91. The second kappa shape index (κ2) is 11.1. The van der Waals surface area contributed by atoms with E-state index in [-0.39, 0.29) is 30.0 Å². The van der Waals surface area contributed by atoms with Crippen molar-refractivity contribution in [3.63, 3.8) is 0 Å². The largest absolute Gasteiger partial charge is 0.357 e. The molecule has 1 unspecified atom stereocenters. The minimum Gasteiger partial charge on any atom is -0.357 e. The van der Waals surface area contributed by atoms with Gasteiger partial charge in [0.2, 0.25) is 0 Å². The van der Waals surface area contributed by atoms with Crippen molar-refractivity contribution in [1.82, 2.24) is 15.6 Å². The highest BCUT2D eigenvalue weighted by molar-refractivity contribution is 14.0. The van der Waals surface area contributed by atoms with Crippen LogP contribution in [0.25, 0.3) is 0 Å². The summed E-state index contributed by atoms with van der Waals surface area (Å²) >= 11 is 0. The van der Waals surface area contributed by atoms with Gasteiger partial charge in [-0.3, -0.25) is 9.98 Å². The van der Waals surface area contributed by atoms with Gasteiger partial charge in [0.05, 0.1) is 6.04 Å². The summed E-state index contributed by atoms with van der Waals surface area (Å²) in [6, 6.07) is 5.26. The van der Waals surface area contributed by atoms with Crippen LogP contribution in [0, 0.1) is 18.6 Å². The summed E-state index contributed by atoms with van der Waals surface area (Å²) in [7, 11) is 0. The first kappa shape index (κ1) is 22.3. The van der Waals surface area contributed by atoms with Crippen LogP contribution in [0.15, 0.2) is 41.7 Å². The highest BCUT2D eigenvalue weighted by Gasteiger charge is 2.13. The summed E-state index contributed by atoms with van der Waals surface area (Å²) in [6.07, 6.45) is 4.40. The van der Waals surface area contributed by atoms with Crippen LogP contribution in [-0.4, -0.2) is 24.0 Å². The second-order valence-electron chi connectivity index (χ2n) is 5.84. The number of hydrogen-bond donors (Lipinski definition) is 2. The molecule has 2 aromatic rings. The Bertz CT molecular complexity index is 737. The Morgan fingerprint density at radius 2 is 2.04 bits per heavy atom. The van der Waals surface area contributed by atoms with E-state index in [1.807, 2.05) is 33.0 Å². The first-order valence-electron chi connectivity index (χ1n) is 8.40. The van der Waals surface area contributed by atoms with Crippen molar-refractivity contribution in [2.24, 2.45) is 4.99 Å². The van der Waals surface area contributed by atoms with E-state index in [2.05, 4.69) is 20.6 Å². The predicted octanol–water partition coefficient (Wildman–Crippen LogP) is 4.15. The van der Waals surface area contributed by atoms with Gasteiger partial charge in [0.25, 0.3) is 0 Å². The van der Waals surface area contributed by atoms with E-state index in [1.165, 1.54) is 17.7 Å². The Labute approximate surface area is 170 Å². The molecule has 1 aromatic carbocycles. The van der Waals surface area contributed by atoms with Gasteiger partial charge in [0, 0.05) is 37.1 Å². The molecule has 1 aromatic heterocycles. The van der Waals surface area contributed by atoms with Crippen LogP contribution in [0.2, 0.25) is 0 Å². The minimum absolute atomic E-state index is 0. The van der Waals surface area contributed by atoms with Crippen molar-refractivity contribution < 1.29 is 8.78 Å². The summed E-state index contributed by atoms with van der Waals surface area (Å²) in [5.41, 5.74) is 2.74. The molecule has 26 heavy (non-hydrogen) atoms. The molecule has 0 radical (unpaired) electrons. The Hall–Kier alpha value is -1.77. The predicted molar refractivity (Wildman–Crippen MR) is 112 cm³/mol. The third kappa shape index (κ3) is 6.51. The average Bonchev–Trinajstić information content (AvgIpc) is 2.56. The first-order chi connectivity index (χ1) is 12.0. The van der Waals surface area contributed by atoms with Crippen LogP contribution in [0.4, 0.5) is 8.78 Å². The zero-order valence-corrected chi connectivity index (χ0v) is 17.6. The lowest BCUT2D eigenvalue weighted by atomic mass is 10.1. The number of guanidine groups is 1. The Morgan fingerprint density at radius 1 is 1.27 bits per heavy atom. The van der Waals surface area contributed by atoms with Gasteiger partial charge in [0.15, 0.2) is 5.96 Å². The molecule has 2 N–H and O–H groups in total. The molecule has 4 nitrogen and oxygen atoms in total. The van der Waals surface area contributed by atoms with Gasteiger partial charge >= 0.3 is 0 Å². The van der Waals surface area contributed by atoms with Crippen LogP contribution in [-0.2, 0) is 6.42 Å². The maximum atomic E-state index is 13.9. The molecule has 1 atom stereocenters. The Morgan fingerprint density at radius 3 is 2.69 bits per heavy atom. The second-order valence-corrected chi connectivity index (χ2v) is 5.84. The van der Waals surface area contributed by atoms with E-state index < -0.39 is 11.6 Å². The third-order valence-electron chi connectivity index (χ3n) is 3.91. The number of rotatable bonds is 6. The summed E-state index contributed by atoms with van der Waals surface area (Å²) in [6.45, 7) is 7.09. The fourth-order valence-corrected chi connectivity index (χ4v) is 2.53. The maximum Gasteiger partial charge on any atom is 0.191 e. The van der Waals surface area contributed by atoms with Crippen molar-refractivity contribution in [2.45, 2.75) is 33.2 Å². The van der Waals surface area contributed by atoms with Gasteiger partial charge in [-0.15, -0.1) is 24.0 Å². The Kier molecular flexibility index (Phi) is 9.47. The molecule has 0 aliphatic rings. The lowest BCUT2D eigenvalue weighted by Gasteiger charge is -2.18. The number of hydrogen-bond acceptors (Lipinski definition) is 2. The normalized spacial score (nSPS) is 12.3. The number of pyridine rings is 1. The molecular formula is C19H25F2IN4. The monoisotopic (exact) mass is 474 g/mol. The lowest BCUT2D eigenvalue weighted by Crippen LogP contribution is -2.39. The number of halogens is 3. The average molecular weight is 474 g/mol. The van der Waals surface area contributed by atoms with Crippen molar-refractivity contribution in [3.05, 3.63) is 65.0 Å². The van der Waals surface area contributed by atoms with Crippen molar-refractivity contribution in [2.75, 3.05) is 13.1 Å². The summed E-state index contributed by atoms with van der Waals surface area (Å²) in [5.74, 6) is -0.546. The molecule has 2 rings (SSSR count). The standard InChI is InChI=1S/C19H24F2N4.HI/c1-4-23-19(24-10-8-15-7-9-22-12-13(15)2)25-14(3)17-6-5-16(20)11-18(17)21;/h5-7,9,11-12,14H,4,8,10H2,1-3H3,(H2,23,24,25);1H. The van der Waals surface area contributed by atoms with Crippen LogP contribution in [0.1, 0.15) is 36.6 Å². The van der Waals surface area contributed by atoms with E-state index in [0.717, 1.165) is 18.1 Å². The number of aliphatic imine (C=N–C) groups is 1. The SMILES string of the molecule is CCNC(=NCCc1ccncc1C)NC(C)c1ccc(F)cc1F.I. The number of aryl methyl sites for hydroxylation is 1. The quantitative estimate of drug-likeness (QED) is 0.376. The molecule has 7 heteroatoms. The van der Waals surface area contributed by atoms with E-state index in [9.17, 15) is 8.78 Å². The van der Waals surface area contributed by atoms with Gasteiger partial charge in [-0.25, -0.2) is 8.78 Å². The summed E-state index contributed by atoms with van der Waals surface area (Å²) in [5, 5.41) is 6.30. The van der Waals surface area contributed by atoms with Crippen molar-refractivity contribution in [1.29, 1.82) is 0 Å². The number of benzene rings is 1. The topological polar surface area (TPSA) is 49.3 Å². The molecule has 0 amide bonds. The zero-order chi connectivity index (χ0) is 18.2. The fraction of sp³-hybridized carbons (Fsp3) is 0.368. The van der Waals surface area contributed by atoms with Gasteiger partial charge in [0.1, 0.15) is 11.6 Å². The first-order valence-corrected chi connectivity index (χ1v) is 8.40. The van der Waals surface area contributed by atoms with Gasteiger partial charge < -0.3 is 10.6 Å². The molecule has 0 fully saturated rings. The molecule has 0 bridgehead atoms. The fourth-order valence-electron chi connectivity index (χ4n) is 2.53. The zero-order valence-electron chi connectivity index (χ0n) is 15.2. The maximum absolute atomic E-state index is 13.9. The smallest absolute Gasteiger partial charge is 0.191 e. The van der Waals surface area contributed by atoms with Crippen molar-refractivity contribution in [3.8, 4) is 0 Å². The van der Waals surface area contributed by atoms with Crippen LogP contribution in [0.5, 0.6) is 0 Å². The molecule has 0 saturated carbocycles. The van der Waals surface area contributed by atoms with Crippen LogP contribution in [0.3, 0.4) is 0 Å². The van der Waals surface area contributed by atoms with E-state index in [1.54, 1.807) is 6.20 Å². The molecule has 142 valence electrons. The van der Waals surface area contributed by atoms with Gasteiger partial charge in [-0.05, 0) is 50.5 Å². The van der Waals surface area contributed by atoms with E-state index in [0.29, 0.717) is 24.6 Å². The highest BCUT2D eigenvalue weighted by Crippen LogP contribution is 2.17. The summed E-state index contributed by atoms with van der Waals surface area (Å²) in [4.78, 5) is 8.62. The number of nitrogens with one attached hydrogen (secondary N) is 2. The van der Waals surface area contributed by atoms with Gasteiger partial charge in [-0.1, -0.05) is 6.07 Å². The lowest BCUT2D eigenvalue weighted by molar-refractivity contribution is 0.551. The number of aromatic nitrogens is 1. The minimum atomic E-state index is -0.582. The van der Waals surface area contributed by atoms with Crippen LogP contribution >= 0.6 is 24.0 Å². The van der Waals surface area contributed by atoms with Gasteiger partial charge in [-0.2, -0.15) is 0 Å². The molecular weight excluding hydrogens is 449 g/mol. The Balaban J connectivity index is 0.00000338. The van der Waals surface area contributed by atoms with Crippen LogP contribution < -0.4 is 10.6 Å². The highest BCUT2D eigenvalue weighted by atomic mass is 127. The van der Waals surface area contributed by atoms with E-state index in [4.69, 9.17) is 0 Å². The number of nitrogens with zero attached hydrogens (tertiary/aromatic N) is 2. The van der Waals surface area contributed by atoms with E-state index >= 15 is 0 Å². The molecule has 0 aliphatic heterocycles. The molecule has 0 aliphatic carbocycles. The molecule has 0 spiro atoms. The van der Waals surface area contributed by atoms with Crippen molar-refractivity contribution >= 4 is 29.9 Å². The summed E-state index contributed by atoms with van der Waals surface area (Å²) < 4.78 is 27.0. The molecule has 1 heterocycles.